The zero-order chi connectivity index (χ0) is 14.1. The number of aliphatic hydroxyl groups is 1. The molecular formula is C11H15N7O2. The molecule has 0 amide bonds. The van der Waals surface area contributed by atoms with Crippen LogP contribution in [0.15, 0.2) is 10.9 Å². The van der Waals surface area contributed by atoms with Gasteiger partial charge in [-0.3, -0.25) is 4.98 Å². The predicted molar refractivity (Wildman–Crippen MR) is 71.0 cm³/mol. The summed E-state index contributed by atoms with van der Waals surface area (Å²) in [4.78, 5) is 21.7. The van der Waals surface area contributed by atoms with Gasteiger partial charge >= 0.3 is 5.69 Å². The second kappa shape index (κ2) is 4.93. The monoisotopic (exact) mass is 277 g/mol. The highest BCUT2D eigenvalue weighted by Gasteiger charge is 2.30. The Morgan fingerprint density at radius 2 is 2.25 bits per heavy atom. The molecule has 2 heterocycles. The average Bonchev–Trinajstić information content (AvgIpc) is 2.78. The molecule has 0 atom stereocenters. The molecule has 9 nitrogen and oxygen atoms in total. The highest BCUT2D eigenvalue weighted by molar-refractivity contribution is 5.42. The van der Waals surface area contributed by atoms with E-state index in [1.54, 1.807) is 6.07 Å². The molecule has 2 aromatic heterocycles. The van der Waals surface area contributed by atoms with E-state index in [1.165, 1.54) is 0 Å². The number of aliphatic hydroxyl groups excluding tert-OH is 1. The molecule has 2 aromatic rings. The summed E-state index contributed by atoms with van der Waals surface area (Å²) in [6.45, 7) is 0.321. The lowest BCUT2D eigenvalue weighted by Gasteiger charge is -2.30. The van der Waals surface area contributed by atoms with E-state index in [1.807, 2.05) is 0 Å². The van der Waals surface area contributed by atoms with Crippen molar-refractivity contribution in [2.24, 2.45) is 0 Å². The summed E-state index contributed by atoms with van der Waals surface area (Å²) < 4.78 is 0. The molecule has 0 aliphatic heterocycles. The van der Waals surface area contributed by atoms with Gasteiger partial charge < -0.3 is 16.2 Å². The van der Waals surface area contributed by atoms with Crippen LogP contribution in [0.5, 0.6) is 0 Å². The summed E-state index contributed by atoms with van der Waals surface area (Å²) in [5, 5.41) is 18.4. The van der Waals surface area contributed by atoms with Crippen LogP contribution >= 0.6 is 0 Å². The topological polar surface area (TPSA) is 146 Å². The summed E-state index contributed by atoms with van der Waals surface area (Å²) in [6, 6.07) is 1.80. The summed E-state index contributed by atoms with van der Waals surface area (Å²) in [7, 11) is 0. The summed E-state index contributed by atoms with van der Waals surface area (Å²) in [5.74, 6) is 1.45. The quantitative estimate of drug-likeness (QED) is 0.497. The lowest BCUT2D eigenvalue weighted by molar-refractivity contribution is 0.0732. The molecule has 0 radical (unpaired) electrons. The second-order valence-corrected chi connectivity index (χ2v) is 4.84. The Bertz CT molecular complexity index is 659. The van der Waals surface area contributed by atoms with Gasteiger partial charge in [-0.25, -0.2) is 14.9 Å². The molecule has 0 aromatic carbocycles. The summed E-state index contributed by atoms with van der Waals surface area (Å²) >= 11 is 0. The molecule has 0 bridgehead atoms. The molecule has 20 heavy (non-hydrogen) atoms. The standard InChI is InChI=1S/C11H15N7O2/c12-10-14-7(5-1-6(19)2-5)3-8(15-10)13-4-9-16-11(20)18-17-9/h3,5-6,19H,1-2,4H2,(H3,12,13,14,15)(H2,16,17,18,20). The van der Waals surface area contributed by atoms with Crippen molar-refractivity contribution in [3.05, 3.63) is 28.1 Å². The molecule has 3 rings (SSSR count). The molecule has 1 aliphatic carbocycles. The number of nitrogens with zero attached hydrogens (tertiary/aromatic N) is 3. The SMILES string of the molecule is Nc1nc(NCc2n[nH]c(=O)[nH]2)cc(C2CC(O)C2)n1. The number of nitrogens with two attached hydrogens (primary N) is 1. The van der Waals surface area contributed by atoms with E-state index in [9.17, 15) is 9.90 Å². The predicted octanol–water partition coefficient (Wildman–Crippen LogP) is -0.679. The first-order valence-electron chi connectivity index (χ1n) is 6.30. The molecule has 6 N–H and O–H groups in total. The normalized spacial score (nSPS) is 21.4. The zero-order valence-corrected chi connectivity index (χ0v) is 10.6. The van der Waals surface area contributed by atoms with E-state index >= 15 is 0 Å². The van der Waals surface area contributed by atoms with Crippen molar-refractivity contribution in [2.75, 3.05) is 11.1 Å². The van der Waals surface area contributed by atoms with Gasteiger partial charge in [-0.05, 0) is 12.8 Å². The van der Waals surface area contributed by atoms with Crippen molar-refractivity contribution in [3.63, 3.8) is 0 Å². The fourth-order valence-corrected chi connectivity index (χ4v) is 2.18. The van der Waals surface area contributed by atoms with Gasteiger partial charge in [0, 0.05) is 12.0 Å². The fourth-order valence-electron chi connectivity index (χ4n) is 2.18. The van der Waals surface area contributed by atoms with Gasteiger partial charge in [0.25, 0.3) is 0 Å². The first kappa shape index (κ1) is 12.6. The van der Waals surface area contributed by atoms with E-state index in [2.05, 4.69) is 30.5 Å². The Labute approximate surface area is 113 Å². The largest absolute Gasteiger partial charge is 0.393 e. The zero-order valence-electron chi connectivity index (χ0n) is 10.6. The fraction of sp³-hybridized carbons (Fsp3) is 0.455. The van der Waals surface area contributed by atoms with Crippen LogP contribution in [-0.4, -0.2) is 36.4 Å². The third-order valence-electron chi connectivity index (χ3n) is 3.28. The number of rotatable bonds is 4. The van der Waals surface area contributed by atoms with Crippen molar-refractivity contribution < 1.29 is 5.11 Å². The highest BCUT2D eigenvalue weighted by Crippen LogP contribution is 2.36. The molecule has 9 heteroatoms. The van der Waals surface area contributed by atoms with Gasteiger partial charge in [0.2, 0.25) is 5.95 Å². The Balaban J connectivity index is 1.71. The lowest BCUT2D eigenvalue weighted by atomic mass is 9.80. The lowest BCUT2D eigenvalue weighted by Crippen LogP contribution is -2.27. The van der Waals surface area contributed by atoms with E-state index < -0.39 is 0 Å². The van der Waals surface area contributed by atoms with Gasteiger partial charge in [-0.2, -0.15) is 10.1 Å². The Morgan fingerprint density at radius 3 is 2.90 bits per heavy atom. The van der Waals surface area contributed by atoms with Crippen LogP contribution in [0.4, 0.5) is 11.8 Å². The molecule has 106 valence electrons. The van der Waals surface area contributed by atoms with Crippen LogP contribution in [-0.2, 0) is 6.54 Å². The number of nitrogens with one attached hydrogen (secondary N) is 3. The molecule has 0 unspecified atom stereocenters. The van der Waals surface area contributed by atoms with Crippen LogP contribution in [0.25, 0.3) is 0 Å². The first-order chi connectivity index (χ1) is 9.60. The maximum Gasteiger partial charge on any atom is 0.340 e. The smallest absolute Gasteiger partial charge is 0.340 e. The molecule has 1 saturated carbocycles. The van der Waals surface area contributed by atoms with E-state index in [-0.39, 0.29) is 23.7 Å². The van der Waals surface area contributed by atoms with Crippen molar-refractivity contribution in [3.8, 4) is 0 Å². The number of aromatic amines is 2. The van der Waals surface area contributed by atoms with Crippen LogP contribution in [0.2, 0.25) is 0 Å². The maximum atomic E-state index is 10.9. The minimum atomic E-state index is -0.354. The van der Waals surface area contributed by atoms with Crippen molar-refractivity contribution in [2.45, 2.75) is 31.4 Å². The van der Waals surface area contributed by atoms with Gasteiger partial charge in [0.1, 0.15) is 11.6 Å². The minimum absolute atomic E-state index is 0.182. The van der Waals surface area contributed by atoms with E-state index in [0.29, 0.717) is 31.0 Å². The molecule has 1 aliphatic rings. The Kier molecular flexibility index (Phi) is 3.11. The Morgan fingerprint density at radius 1 is 1.45 bits per heavy atom. The number of nitrogen functional groups attached to an aromatic ring is 1. The first-order valence-corrected chi connectivity index (χ1v) is 6.30. The van der Waals surface area contributed by atoms with Crippen molar-refractivity contribution in [1.29, 1.82) is 0 Å². The minimum Gasteiger partial charge on any atom is -0.393 e. The molecule has 0 spiro atoms. The number of H-pyrrole nitrogens is 2. The van der Waals surface area contributed by atoms with Crippen molar-refractivity contribution in [1.82, 2.24) is 25.1 Å². The molecule has 1 fully saturated rings. The van der Waals surface area contributed by atoms with Gasteiger partial charge in [-0.15, -0.1) is 0 Å². The number of aromatic nitrogens is 5. The van der Waals surface area contributed by atoms with Crippen LogP contribution in [0, 0.1) is 0 Å². The maximum absolute atomic E-state index is 10.9. The van der Waals surface area contributed by atoms with Crippen LogP contribution in [0.1, 0.15) is 30.3 Å². The van der Waals surface area contributed by atoms with Gasteiger partial charge in [0.05, 0.1) is 18.3 Å². The third-order valence-corrected chi connectivity index (χ3v) is 3.28. The average molecular weight is 277 g/mol. The second-order valence-electron chi connectivity index (χ2n) is 4.84. The third kappa shape index (κ3) is 2.62. The van der Waals surface area contributed by atoms with E-state index in [4.69, 9.17) is 5.73 Å². The summed E-state index contributed by atoms with van der Waals surface area (Å²) in [5.41, 5.74) is 6.15. The van der Waals surface area contributed by atoms with Gasteiger partial charge in [-0.1, -0.05) is 0 Å². The van der Waals surface area contributed by atoms with Gasteiger partial charge in [0.15, 0.2) is 0 Å². The Hall–Kier alpha value is -2.42. The number of hydrogen-bond acceptors (Lipinski definition) is 7. The highest BCUT2D eigenvalue weighted by atomic mass is 16.3. The number of anilines is 2. The van der Waals surface area contributed by atoms with Crippen LogP contribution in [0.3, 0.4) is 0 Å². The summed E-state index contributed by atoms with van der Waals surface area (Å²) in [6.07, 6.45) is 1.15. The molecular weight excluding hydrogens is 262 g/mol. The van der Waals surface area contributed by atoms with Crippen molar-refractivity contribution >= 4 is 11.8 Å². The van der Waals surface area contributed by atoms with Crippen LogP contribution < -0.4 is 16.7 Å². The number of hydrogen-bond donors (Lipinski definition) is 5. The van der Waals surface area contributed by atoms with E-state index in [0.717, 1.165) is 5.69 Å². The molecule has 0 saturated heterocycles.